The minimum atomic E-state index is 0.609. The zero-order valence-electron chi connectivity index (χ0n) is 15.0. The molecule has 26 heavy (non-hydrogen) atoms. The summed E-state index contributed by atoms with van der Waals surface area (Å²) in [4.78, 5) is 0. The van der Waals surface area contributed by atoms with Crippen LogP contribution in [0.5, 0.6) is 0 Å². The molecule has 0 aliphatic rings. The molecule has 3 aromatic rings. The number of halogens is 1. The van der Waals surface area contributed by atoms with Gasteiger partial charge in [0, 0.05) is 28.5 Å². The summed E-state index contributed by atoms with van der Waals surface area (Å²) in [5, 5.41) is 19.5. The van der Waals surface area contributed by atoms with E-state index in [9.17, 15) is 5.26 Å². The van der Waals surface area contributed by atoms with Crippen molar-refractivity contribution in [2.45, 2.75) is 27.3 Å². The van der Waals surface area contributed by atoms with Gasteiger partial charge in [-0.1, -0.05) is 35.9 Å². The van der Waals surface area contributed by atoms with Crippen molar-refractivity contribution in [1.29, 1.82) is 10.5 Å². The predicted molar refractivity (Wildman–Crippen MR) is 104 cm³/mol. The highest BCUT2D eigenvalue weighted by Gasteiger charge is 2.19. The average molecular weight is 360 g/mol. The quantitative estimate of drug-likeness (QED) is 0.617. The normalized spacial score (nSPS) is 10.4. The minimum absolute atomic E-state index is 0.609. The first-order valence-electron chi connectivity index (χ1n) is 8.31. The molecule has 0 saturated heterocycles. The maximum Gasteiger partial charge on any atom is 0.102 e. The van der Waals surface area contributed by atoms with Gasteiger partial charge in [-0.3, -0.25) is 0 Å². The molecule has 4 heteroatoms. The van der Waals surface area contributed by atoms with Gasteiger partial charge in [-0.05, 0) is 55.7 Å². The van der Waals surface area contributed by atoms with Crippen LogP contribution >= 0.6 is 11.6 Å². The first kappa shape index (κ1) is 17.8. The highest BCUT2D eigenvalue weighted by atomic mass is 35.5. The van der Waals surface area contributed by atoms with Crippen LogP contribution in [-0.2, 0) is 6.54 Å². The Bertz CT molecular complexity index is 1060. The molecule has 0 spiro atoms. The van der Waals surface area contributed by atoms with E-state index in [2.05, 4.69) is 22.8 Å². The summed E-state index contributed by atoms with van der Waals surface area (Å²) in [5.41, 5.74) is 7.33. The SMILES string of the molecule is Cc1cc(Cn2c(C)c(C#N)c(-c3ccc(C#N)cc3)c2C)ccc1Cl. The van der Waals surface area contributed by atoms with E-state index in [1.54, 1.807) is 12.1 Å². The van der Waals surface area contributed by atoms with Crippen molar-refractivity contribution in [2.75, 3.05) is 0 Å². The molecule has 128 valence electrons. The van der Waals surface area contributed by atoms with E-state index in [-0.39, 0.29) is 0 Å². The van der Waals surface area contributed by atoms with E-state index in [4.69, 9.17) is 16.9 Å². The number of benzene rings is 2. The minimum Gasteiger partial charge on any atom is -0.343 e. The molecule has 3 rings (SSSR count). The fourth-order valence-electron chi connectivity index (χ4n) is 3.31. The van der Waals surface area contributed by atoms with E-state index in [0.717, 1.165) is 38.7 Å². The molecular weight excluding hydrogens is 342 g/mol. The average Bonchev–Trinajstić information content (AvgIpc) is 2.88. The largest absolute Gasteiger partial charge is 0.343 e. The first-order chi connectivity index (χ1) is 12.5. The summed E-state index contributed by atoms with van der Waals surface area (Å²) in [6.07, 6.45) is 0. The first-order valence-corrected chi connectivity index (χ1v) is 8.69. The Morgan fingerprint density at radius 2 is 1.62 bits per heavy atom. The Balaban J connectivity index is 2.10. The van der Waals surface area contributed by atoms with E-state index >= 15 is 0 Å². The third-order valence-corrected chi connectivity index (χ3v) is 5.18. The second-order valence-electron chi connectivity index (χ2n) is 6.39. The van der Waals surface area contributed by atoms with Gasteiger partial charge in [-0.15, -0.1) is 0 Å². The molecule has 2 aromatic carbocycles. The predicted octanol–water partition coefficient (Wildman–Crippen LogP) is 5.53. The number of hydrogen-bond donors (Lipinski definition) is 0. The lowest BCUT2D eigenvalue weighted by Crippen LogP contribution is -2.04. The molecular formula is C22H18ClN3. The monoisotopic (exact) mass is 359 g/mol. The van der Waals surface area contributed by atoms with Crippen LogP contribution in [0.25, 0.3) is 11.1 Å². The summed E-state index contributed by atoms with van der Waals surface area (Å²) in [7, 11) is 0. The summed E-state index contributed by atoms with van der Waals surface area (Å²) >= 11 is 6.13. The van der Waals surface area contributed by atoms with Crippen molar-refractivity contribution >= 4 is 11.6 Å². The Hall–Kier alpha value is -3.01. The molecule has 1 heterocycles. The number of hydrogen-bond acceptors (Lipinski definition) is 2. The van der Waals surface area contributed by atoms with Gasteiger partial charge in [0.1, 0.15) is 6.07 Å². The molecule has 0 amide bonds. The van der Waals surface area contributed by atoms with Gasteiger partial charge in [0.15, 0.2) is 0 Å². The van der Waals surface area contributed by atoms with Crippen molar-refractivity contribution in [2.24, 2.45) is 0 Å². The lowest BCUT2D eigenvalue weighted by atomic mass is 10.0. The van der Waals surface area contributed by atoms with Crippen LogP contribution < -0.4 is 0 Å². The molecule has 1 aromatic heterocycles. The number of aromatic nitrogens is 1. The van der Waals surface area contributed by atoms with Crippen LogP contribution in [0.15, 0.2) is 42.5 Å². The van der Waals surface area contributed by atoms with Gasteiger partial charge in [0.25, 0.3) is 0 Å². The number of aryl methyl sites for hydroxylation is 1. The second-order valence-corrected chi connectivity index (χ2v) is 6.80. The van der Waals surface area contributed by atoms with Crippen LogP contribution in [0.3, 0.4) is 0 Å². The summed E-state index contributed by atoms with van der Waals surface area (Å²) < 4.78 is 2.16. The Morgan fingerprint density at radius 1 is 0.923 bits per heavy atom. The smallest absolute Gasteiger partial charge is 0.102 e. The topological polar surface area (TPSA) is 52.5 Å². The molecule has 0 fully saturated rings. The molecule has 0 N–H and O–H groups in total. The van der Waals surface area contributed by atoms with Gasteiger partial charge in [-0.25, -0.2) is 0 Å². The molecule has 0 bridgehead atoms. The highest BCUT2D eigenvalue weighted by Crippen LogP contribution is 2.33. The zero-order chi connectivity index (χ0) is 18.8. The summed E-state index contributed by atoms with van der Waals surface area (Å²) in [6, 6.07) is 17.8. The van der Waals surface area contributed by atoms with E-state index in [1.165, 1.54) is 0 Å². The van der Waals surface area contributed by atoms with Crippen molar-refractivity contribution < 1.29 is 0 Å². The van der Waals surface area contributed by atoms with Crippen LogP contribution in [0.1, 0.15) is 33.6 Å². The van der Waals surface area contributed by atoms with Crippen LogP contribution in [0.4, 0.5) is 0 Å². The van der Waals surface area contributed by atoms with Crippen molar-refractivity contribution in [3.05, 3.63) is 81.1 Å². The lowest BCUT2D eigenvalue weighted by Gasteiger charge is -2.11. The van der Waals surface area contributed by atoms with Crippen molar-refractivity contribution in [1.82, 2.24) is 4.57 Å². The highest BCUT2D eigenvalue weighted by molar-refractivity contribution is 6.31. The van der Waals surface area contributed by atoms with Crippen LogP contribution in [0.2, 0.25) is 5.02 Å². The van der Waals surface area contributed by atoms with E-state index in [1.807, 2.05) is 45.0 Å². The third-order valence-electron chi connectivity index (χ3n) is 4.76. The Morgan fingerprint density at radius 3 is 2.19 bits per heavy atom. The zero-order valence-corrected chi connectivity index (χ0v) is 15.7. The maximum absolute atomic E-state index is 9.71. The summed E-state index contributed by atoms with van der Waals surface area (Å²) in [5.74, 6) is 0. The molecule has 0 aliphatic carbocycles. The third kappa shape index (κ3) is 3.10. The number of rotatable bonds is 3. The fourth-order valence-corrected chi connectivity index (χ4v) is 3.43. The summed E-state index contributed by atoms with van der Waals surface area (Å²) in [6.45, 7) is 6.68. The van der Waals surface area contributed by atoms with Crippen LogP contribution in [-0.4, -0.2) is 4.57 Å². The van der Waals surface area contributed by atoms with Crippen LogP contribution in [0, 0.1) is 43.4 Å². The van der Waals surface area contributed by atoms with Gasteiger partial charge in [-0.2, -0.15) is 10.5 Å². The lowest BCUT2D eigenvalue weighted by molar-refractivity contribution is 0.748. The molecule has 3 nitrogen and oxygen atoms in total. The Labute approximate surface area is 158 Å². The molecule has 0 radical (unpaired) electrons. The van der Waals surface area contributed by atoms with Gasteiger partial charge in [0.05, 0.1) is 17.2 Å². The van der Waals surface area contributed by atoms with Gasteiger partial charge >= 0.3 is 0 Å². The van der Waals surface area contributed by atoms with Crippen molar-refractivity contribution in [3.8, 4) is 23.3 Å². The standard InChI is InChI=1S/C22H18ClN3/c1-14-10-18(6-9-21(14)23)13-26-15(2)20(12-25)22(16(26)3)19-7-4-17(11-24)5-8-19/h4-10H,13H2,1-3H3. The number of nitrogens with zero attached hydrogens (tertiary/aromatic N) is 3. The van der Waals surface area contributed by atoms with Gasteiger partial charge < -0.3 is 4.57 Å². The second kappa shape index (κ2) is 7.08. The molecule has 0 atom stereocenters. The molecule has 0 aliphatic heterocycles. The van der Waals surface area contributed by atoms with E-state index < -0.39 is 0 Å². The fraction of sp³-hybridized carbons (Fsp3) is 0.182. The maximum atomic E-state index is 9.71. The Kier molecular flexibility index (Phi) is 4.85. The van der Waals surface area contributed by atoms with Gasteiger partial charge in [0.2, 0.25) is 0 Å². The molecule has 0 saturated carbocycles. The molecule has 0 unspecified atom stereocenters. The van der Waals surface area contributed by atoms with E-state index in [0.29, 0.717) is 17.7 Å². The van der Waals surface area contributed by atoms with Crippen molar-refractivity contribution in [3.63, 3.8) is 0 Å². The number of nitriles is 2.